The van der Waals surface area contributed by atoms with E-state index in [0.29, 0.717) is 27.9 Å². The molecule has 3 amide bonds. The van der Waals surface area contributed by atoms with Gasteiger partial charge in [-0.25, -0.2) is 13.2 Å². The number of carbonyl (C=O) groups excluding carboxylic acids is 2. The molecule has 14 heteroatoms. The molecule has 3 aliphatic heterocycles. The third kappa shape index (κ3) is 5.95. The quantitative estimate of drug-likeness (QED) is 0.426. The zero-order valence-electron chi connectivity index (χ0n) is 24.6. The van der Waals surface area contributed by atoms with Crippen LogP contribution in [0.2, 0.25) is 10.0 Å². The number of aliphatic imine (C=N–C) groups is 1. The van der Waals surface area contributed by atoms with E-state index in [4.69, 9.17) is 37.7 Å². The summed E-state index contributed by atoms with van der Waals surface area (Å²) in [6, 6.07) is 15.5. The number of fused-ring (bicyclic) bond motifs is 1. The Morgan fingerprint density at radius 1 is 1.04 bits per heavy atom. The molecular weight excluding hydrogens is 641 g/mol. The van der Waals surface area contributed by atoms with Gasteiger partial charge < -0.3 is 19.7 Å². The number of piperazine rings is 1. The van der Waals surface area contributed by atoms with Crippen molar-refractivity contribution in [1.82, 2.24) is 19.4 Å². The number of likely N-dealkylation sites (N-methyl/N-ethyl adjacent to an activating group) is 1. The van der Waals surface area contributed by atoms with Gasteiger partial charge in [-0.1, -0.05) is 47.5 Å². The highest BCUT2D eigenvalue weighted by atomic mass is 35.5. The number of nitrogens with zero attached hydrogens (tertiary/aromatic N) is 4. The highest BCUT2D eigenvalue weighted by molar-refractivity contribution is 7.89. The van der Waals surface area contributed by atoms with E-state index in [1.54, 1.807) is 31.2 Å². The lowest BCUT2D eigenvalue weighted by Gasteiger charge is -2.36. The van der Waals surface area contributed by atoms with Gasteiger partial charge in [0.05, 0.1) is 18.2 Å². The summed E-state index contributed by atoms with van der Waals surface area (Å²) in [6.45, 7) is 2.82. The van der Waals surface area contributed by atoms with Gasteiger partial charge in [-0.2, -0.15) is 4.31 Å². The van der Waals surface area contributed by atoms with Gasteiger partial charge in [0.1, 0.15) is 41.4 Å². The number of sulfonamides is 1. The molecule has 2 unspecified atom stereocenters. The number of nitrogens with one attached hydrogen (secondary N) is 1. The van der Waals surface area contributed by atoms with Crippen LogP contribution in [0.3, 0.4) is 0 Å². The second-order valence-corrected chi connectivity index (χ2v) is 13.7. The largest absolute Gasteiger partial charge is 0.493 e. The number of amides is 3. The molecule has 3 heterocycles. The topological polar surface area (TPSA) is 121 Å². The zero-order valence-corrected chi connectivity index (χ0v) is 26.9. The molecule has 0 aromatic heterocycles. The summed E-state index contributed by atoms with van der Waals surface area (Å²) in [5, 5.41) is 3.81. The first kappa shape index (κ1) is 31.2. The summed E-state index contributed by atoms with van der Waals surface area (Å²) in [5.74, 6) is 0.366. The van der Waals surface area contributed by atoms with Crippen LogP contribution in [0.1, 0.15) is 35.7 Å². The minimum absolute atomic E-state index is 0.0635. The maximum absolute atomic E-state index is 14.6. The monoisotopic (exact) mass is 671 g/mol. The SMILES string of the molecule is CCOc1cc2c(cc1C1=NC(c3ccc(Cl)cc3)C(c3ccc(Cl)cc3)N1C(=O)N1CCNC(=O)C1)S(=O)(=O)N(C)CCO2. The van der Waals surface area contributed by atoms with Crippen molar-refractivity contribution < 1.29 is 27.5 Å². The molecule has 6 rings (SSSR count). The smallest absolute Gasteiger partial charge is 0.326 e. The lowest BCUT2D eigenvalue weighted by molar-refractivity contribution is -0.123. The molecule has 0 aliphatic carbocycles. The lowest BCUT2D eigenvalue weighted by atomic mass is 9.93. The Morgan fingerprint density at radius 3 is 2.36 bits per heavy atom. The van der Waals surface area contributed by atoms with E-state index in [2.05, 4.69) is 5.32 Å². The van der Waals surface area contributed by atoms with Crippen LogP contribution in [0.15, 0.2) is 70.6 Å². The molecule has 3 aromatic carbocycles. The Hall–Kier alpha value is -3.84. The molecule has 45 heavy (non-hydrogen) atoms. The average Bonchev–Trinajstić information content (AvgIpc) is 3.37. The van der Waals surface area contributed by atoms with Crippen molar-refractivity contribution in [3.05, 3.63) is 87.4 Å². The van der Waals surface area contributed by atoms with Crippen molar-refractivity contribution in [1.29, 1.82) is 0 Å². The Labute approximate surface area is 271 Å². The summed E-state index contributed by atoms with van der Waals surface area (Å²) >= 11 is 12.5. The number of halogens is 2. The van der Waals surface area contributed by atoms with Crippen LogP contribution in [-0.2, 0) is 14.8 Å². The van der Waals surface area contributed by atoms with Crippen molar-refractivity contribution in [2.75, 3.05) is 46.4 Å². The number of hydrogen-bond acceptors (Lipinski definition) is 7. The minimum atomic E-state index is -3.95. The van der Waals surface area contributed by atoms with E-state index in [-0.39, 0.29) is 55.2 Å². The maximum atomic E-state index is 14.6. The minimum Gasteiger partial charge on any atom is -0.493 e. The molecule has 2 atom stereocenters. The zero-order chi connectivity index (χ0) is 31.9. The molecule has 1 saturated heterocycles. The van der Waals surface area contributed by atoms with Crippen molar-refractivity contribution in [3.63, 3.8) is 0 Å². The summed E-state index contributed by atoms with van der Waals surface area (Å²) in [4.78, 5) is 35.0. The van der Waals surface area contributed by atoms with E-state index >= 15 is 0 Å². The van der Waals surface area contributed by atoms with E-state index in [9.17, 15) is 18.0 Å². The highest BCUT2D eigenvalue weighted by Gasteiger charge is 2.46. The Kier molecular flexibility index (Phi) is 8.66. The number of rotatable bonds is 5. The van der Waals surface area contributed by atoms with Gasteiger partial charge in [0, 0.05) is 42.8 Å². The van der Waals surface area contributed by atoms with Gasteiger partial charge in [0.2, 0.25) is 15.9 Å². The molecule has 0 saturated carbocycles. The molecule has 0 bridgehead atoms. The normalized spacial score (nSPS) is 21.3. The first-order valence-corrected chi connectivity index (χ1v) is 16.6. The molecule has 1 fully saturated rings. The Bertz CT molecular complexity index is 1770. The van der Waals surface area contributed by atoms with E-state index in [0.717, 1.165) is 11.1 Å². The van der Waals surface area contributed by atoms with Crippen LogP contribution < -0.4 is 14.8 Å². The lowest BCUT2D eigenvalue weighted by Crippen LogP contribution is -2.55. The van der Waals surface area contributed by atoms with Gasteiger partial charge in [-0.05, 0) is 48.4 Å². The van der Waals surface area contributed by atoms with Crippen molar-refractivity contribution >= 4 is 51.0 Å². The number of benzene rings is 3. The first-order valence-electron chi connectivity index (χ1n) is 14.4. The average molecular weight is 673 g/mol. The number of hydrogen-bond donors (Lipinski definition) is 1. The third-order valence-corrected chi connectivity index (χ3v) is 10.3. The van der Waals surface area contributed by atoms with Crippen LogP contribution in [-0.4, -0.2) is 86.7 Å². The van der Waals surface area contributed by atoms with E-state index < -0.39 is 28.1 Å². The predicted molar refractivity (Wildman–Crippen MR) is 170 cm³/mol. The van der Waals surface area contributed by atoms with E-state index in [1.165, 1.54) is 33.3 Å². The van der Waals surface area contributed by atoms with Gasteiger partial charge in [0.25, 0.3) is 0 Å². The second kappa shape index (κ2) is 12.5. The van der Waals surface area contributed by atoms with Gasteiger partial charge in [-0.15, -0.1) is 0 Å². The molecule has 3 aromatic rings. The van der Waals surface area contributed by atoms with Crippen LogP contribution in [0.5, 0.6) is 11.5 Å². The van der Waals surface area contributed by atoms with Gasteiger partial charge in [0.15, 0.2) is 0 Å². The second-order valence-electron chi connectivity index (χ2n) is 10.8. The third-order valence-electron chi connectivity index (χ3n) is 7.94. The summed E-state index contributed by atoms with van der Waals surface area (Å²) in [6.07, 6.45) is 0. The molecule has 11 nitrogen and oxygen atoms in total. The van der Waals surface area contributed by atoms with Gasteiger partial charge in [-0.3, -0.25) is 14.7 Å². The van der Waals surface area contributed by atoms with Crippen molar-refractivity contribution in [3.8, 4) is 11.5 Å². The van der Waals surface area contributed by atoms with E-state index in [1.807, 2.05) is 24.3 Å². The number of carbonyl (C=O) groups is 2. The summed E-state index contributed by atoms with van der Waals surface area (Å²) in [5.41, 5.74) is 1.80. The number of urea groups is 1. The number of ether oxygens (including phenoxy) is 2. The molecular formula is C31H31Cl2N5O6S. The standard InChI is InChI=1S/C31H31Cl2N5O6S/c1-3-43-24-17-25-26(45(41,42)36(2)14-15-44-25)16-23(24)30-35-28(19-4-8-21(32)9-5-19)29(20-6-10-22(33)11-7-20)38(30)31(40)37-13-12-34-27(39)18-37/h4-11,16-17,28-29H,3,12-15,18H2,1-2H3,(H,34,39). The van der Waals surface area contributed by atoms with Crippen molar-refractivity contribution in [2.24, 2.45) is 4.99 Å². The fraction of sp³-hybridized carbons (Fsp3) is 0.323. The van der Waals surface area contributed by atoms with Crippen LogP contribution in [0, 0.1) is 0 Å². The van der Waals surface area contributed by atoms with Crippen molar-refractivity contribution in [2.45, 2.75) is 23.9 Å². The fourth-order valence-electron chi connectivity index (χ4n) is 5.69. The number of amidine groups is 1. The molecule has 1 N–H and O–H groups in total. The summed E-state index contributed by atoms with van der Waals surface area (Å²) < 4.78 is 40.3. The predicted octanol–water partition coefficient (Wildman–Crippen LogP) is 4.50. The Balaban J connectivity index is 1.60. The fourth-order valence-corrected chi connectivity index (χ4v) is 7.23. The molecule has 3 aliphatic rings. The van der Waals surface area contributed by atoms with Crippen LogP contribution in [0.4, 0.5) is 4.79 Å². The summed E-state index contributed by atoms with van der Waals surface area (Å²) in [7, 11) is -2.46. The maximum Gasteiger partial charge on any atom is 0.326 e. The first-order chi connectivity index (χ1) is 21.6. The van der Waals surface area contributed by atoms with Crippen LogP contribution >= 0.6 is 23.2 Å². The molecule has 0 radical (unpaired) electrons. The molecule has 236 valence electrons. The highest BCUT2D eigenvalue weighted by Crippen LogP contribution is 2.47. The Morgan fingerprint density at radius 2 is 1.71 bits per heavy atom. The van der Waals surface area contributed by atoms with Gasteiger partial charge >= 0.3 is 6.03 Å². The van der Waals surface area contributed by atoms with Crippen LogP contribution in [0.25, 0.3) is 0 Å². The molecule has 0 spiro atoms.